The number of aromatic hydroxyl groups is 1. The monoisotopic (exact) mass is 524 g/mol. The van der Waals surface area contributed by atoms with Gasteiger partial charge in [0.05, 0.1) is 18.3 Å². The van der Waals surface area contributed by atoms with Crippen molar-refractivity contribution >= 4 is 30.1 Å². The fraction of sp³-hybridized carbons (Fsp3) is 0.200. The number of hydrogen-bond donors (Lipinski definition) is 3. The molecule has 3 rings (SSSR count). The van der Waals surface area contributed by atoms with Crippen LogP contribution in [0.15, 0.2) is 66.0 Å². The van der Waals surface area contributed by atoms with Crippen LogP contribution in [0, 0.1) is 5.82 Å². The quantitative estimate of drug-likeness (QED) is 0.217. The van der Waals surface area contributed by atoms with Crippen molar-refractivity contribution in [2.24, 2.45) is 4.99 Å². The first-order valence-electron chi connectivity index (χ1n) is 11.2. The second kappa shape index (κ2) is 12.8. The molecule has 3 amide bonds. The fourth-order valence-corrected chi connectivity index (χ4v) is 3.24. The molecule has 0 saturated carbocycles. The summed E-state index contributed by atoms with van der Waals surface area (Å²) >= 11 is 0. The van der Waals surface area contributed by atoms with Crippen molar-refractivity contribution in [2.75, 3.05) is 7.05 Å². The van der Waals surface area contributed by atoms with E-state index in [2.05, 4.69) is 20.3 Å². The molecule has 2 aromatic carbocycles. The molecule has 0 bridgehead atoms. The number of ether oxygens (including phenoxy) is 1. The van der Waals surface area contributed by atoms with Crippen LogP contribution in [0.1, 0.15) is 18.9 Å². The number of carbonyl (C=O) groups excluding carboxylic acids is 2. The van der Waals surface area contributed by atoms with Gasteiger partial charge in [-0.1, -0.05) is 12.1 Å². The number of amides is 3. The van der Waals surface area contributed by atoms with Crippen LogP contribution in [0.2, 0.25) is 0 Å². The van der Waals surface area contributed by atoms with E-state index in [-0.39, 0.29) is 42.0 Å². The Morgan fingerprint density at radius 1 is 1.21 bits per heavy atom. The maximum atomic E-state index is 14.8. The van der Waals surface area contributed by atoms with E-state index in [0.29, 0.717) is 4.90 Å². The summed E-state index contributed by atoms with van der Waals surface area (Å²) in [5.74, 6) is -1.95. The molecule has 198 valence electrons. The summed E-state index contributed by atoms with van der Waals surface area (Å²) in [6.07, 6.45) is 3.92. The number of phenolic OH excluding ortho intramolecular Hbond substituents is 1. The van der Waals surface area contributed by atoms with Crippen molar-refractivity contribution in [1.82, 2.24) is 25.1 Å². The summed E-state index contributed by atoms with van der Waals surface area (Å²) < 4.78 is 20.2. The minimum Gasteiger partial charge on any atom is -0.508 e. The zero-order chi connectivity index (χ0) is 27.7. The number of carboxylic acid groups (broad SMARTS) is 1. The molecule has 3 N–H and O–H groups in total. The molecular formula is C25H25FN6O6. The summed E-state index contributed by atoms with van der Waals surface area (Å²) in [6, 6.07) is 8.30. The van der Waals surface area contributed by atoms with Crippen LogP contribution in [-0.4, -0.2) is 67.4 Å². The number of imide groups is 1. The SMILES string of the molecule is C[C@@H](CC(=O)O)N(C=O)C(=O)NC(=Nc1ccc(Oc2cnccn2)c(F)c1)N(C)Cc1ccc(O)cc1. The van der Waals surface area contributed by atoms with Gasteiger partial charge in [-0.3, -0.25) is 24.8 Å². The second-order valence-corrected chi connectivity index (χ2v) is 8.11. The molecule has 1 heterocycles. The van der Waals surface area contributed by atoms with Crippen molar-refractivity contribution in [2.45, 2.75) is 25.9 Å². The van der Waals surface area contributed by atoms with Gasteiger partial charge < -0.3 is 19.8 Å². The number of nitrogens with zero attached hydrogens (tertiary/aromatic N) is 5. The predicted molar refractivity (Wildman–Crippen MR) is 133 cm³/mol. The van der Waals surface area contributed by atoms with Crippen molar-refractivity contribution in [3.05, 3.63) is 72.4 Å². The number of guanidine groups is 1. The first-order chi connectivity index (χ1) is 18.2. The Balaban J connectivity index is 1.89. The standard InChI is InChI=1S/C25H25FN6O6/c1-16(11-23(35)36)32(15-33)25(37)30-24(31(2)14-17-3-6-19(34)7-4-17)29-18-5-8-21(20(26)12-18)38-22-13-27-9-10-28-22/h3-10,12-13,15-16,34H,11,14H2,1-2H3,(H,35,36)(H,29,30,37)/t16-/m0/s1. The summed E-state index contributed by atoms with van der Waals surface area (Å²) in [6.45, 7) is 1.62. The minimum absolute atomic E-state index is 0.0561. The van der Waals surface area contributed by atoms with Crippen LogP contribution < -0.4 is 10.1 Å². The largest absolute Gasteiger partial charge is 0.508 e. The number of carboxylic acids is 1. The Kier molecular flexibility index (Phi) is 9.24. The van der Waals surface area contributed by atoms with Crippen LogP contribution in [0.4, 0.5) is 14.9 Å². The number of urea groups is 1. The van der Waals surface area contributed by atoms with E-state index in [9.17, 15) is 23.9 Å². The highest BCUT2D eigenvalue weighted by molar-refractivity contribution is 6.00. The Bertz CT molecular complexity index is 1310. The molecule has 1 aromatic heterocycles. The van der Waals surface area contributed by atoms with E-state index in [1.807, 2.05) is 0 Å². The Morgan fingerprint density at radius 2 is 1.95 bits per heavy atom. The Hall–Kier alpha value is -5.07. The van der Waals surface area contributed by atoms with Crippen LogP contribution in [0.5, 0.6) is 17.4 Å². The van der Waals surface area contributed by atoms with Crippen LogP contribution in [0.3, 0.4) is 0 Å². The first kappa shape index (κ1) is 27.5. The van der Waals surface area contributed by atoms with Gasteiger partial charge in [-0.25, -0.2) is 19.2 Å². The normalized spacial score (nSPS) is 11.8. The summed E-state index contributed by atoms with van der Waals surface area (Å²) in [7, 11) is 1.60. The molecule has 0 radical (unpaired) electrons. The van der Waals surface area contributed by atoms with E-state index >= 15 is 0 Å². The zero-order valence-electron chi connectivity index (χ0n) is 20.5. The van der Waals surface area contributed by atoms with Gasteiger partial charge in [0.15, 0.2) is 11.6 Å². The zero-order valence-corrected chi connectivity index (χ0v) is 20.5. The molecule has 3 aromatic rings. The molecule has 0 aliphatic carbocycles. The number of aliphatic imine (C=N–C) groups is 1. The molecule has 13 heteroatoms. The fourth-order valence-electron chi connectivity index (χ4n) is 3.24. The van der Waals surface area contributed by atoms with E-state index < -0.39 is 30.3 Å². The van der Waals surface area contributed by atoms with Crippen molar-refractivity contribution in [3.8, 4) is 17.4 Å². The predicted octanol–water partition coefficient (Wildman–Crippen LogP) is 3.26. The number of rotatable bonds is 9. The van der Waals surface area contributed by atoms with Gasteiger partial charge in [-0.05, 0) is 36.8 Å². The molecule has 1 atom stereocenters. The third kappa shape index (κ3) is 7.71. The summed E-state index contributed by atoms with van der Waals surface area (Å²) in [5.41, 5.74) is 0.857. The molecule has 0 spiro atoms. The topological polar surface area (TPSA) is 158 Å². The molecular weight excluding hydrogens is 499 g/mol. The molecule has 38 heavy (non-hydrogen) atoms. The minimum atomic E-state index is -1.19. The molecule has 0 aliphatic rings. The van der Waals surface area contributed by atoms with Crippen molar-refractivity contribution < 1.29 is 33.7 Å². The third-order valence-corrected chi connectivity index (χ3v) is 5.13. The highest BCUT2D eigenvalue weighted by atomic mass is 19.1. The maximum Gasteiger partial charge on any atom is 0.330 e. The Morgan fingerprint density at radius 3 is 2.55 bits per heavy atom. The number of benzene rings is 2. The number of nitrogens with one attached hydrogen (secondary N) is 1. The molecule has 12 nitrogen and oxygen atoms in total. The van der Waals surface area contributed by atoms with E-state index in [4.69, 9.17) is 9.84 Å². The summed E-state index contributed by atoms with van der Waals surface area (Å²) in [5, 5.41) is 21.0. The maximum absolute atomic E-state index is 14.8. The van der Waals surface area contributed by atoms with Crippen LogP contribution in [-0.2, 0) is 16.1 Å². The van der Waals surface area contributed by atoms with E-state index in [1.165, 1.54) is 54.7 Å². The second-order valence-electron chi connectivity index (χ2n) is 8.11. The van der Waals surface area contributed by atoms with Gasteiger partial charge in [0.1, 0.15) is 5.75 Å². The average molecular weight is 525 g/mol. The first-order valence-corrected chi connectivity index (χ1v) is 11.2. The lowest BCUT2D eigenvalue weighted by Crippen LogP contribution is -2.50. The highest BCUT2D eigenvalue weighted by Crippen LogP contribution is 2.26. The number of hydrogen-bond acceptors (Lipinski definition) is 8. The third-order valence-electron chi connectivity index (χ3n) is 5.13. The number of phenols is 1. The molecule has 0 aliphatic heterocycles. The lowest BCUT2D eigenvalue weighted by Gasteiger charge is -2.26. The van der Waals surface area contributed by atoms with Gasteiger partial charge >= 0.3 is 12.0 Å². The van der Waals surface area contributed by atoms with E-state index in [0.717, 1.165) is 11.6 Å². The number of carbonyl (C=O) groups is 3. The number of aromatic nitrogens is 2. The van der Waals surface area contributed by atoms with Gasteiger partial charge in [0.2, 0.25) is 18.2 Å². The molecule has 0 fully saturated rings. The molecule has 0 saturated heterocycles. The van der Waals surface area contributed by atoms with E-state index in [1.54, 1.807) is 19.2 Å². The van der Waals surface area contributed by atoms with Gasteiger partial charge in [-0.15, -0.1) is 0 Å². The molecule has 0 unspecified atom stereocenters. The smallest absolute Gasteiger partial charge is 0.330 e. The number of aliphatic carboxylic acids is 1. The highest BCUT2D eigenvalue weighted by Gasteiger charge is 2.24. The van der Waals surface area contributed by atoms with Crippen molar-refractivity contribution in [1.29, 1.82) is 0 Å². The Labute approximate surface area is 217 Å². The van der Waals surface area contributed by atoms with Gasteiger partial charge in [0.25, 0.3) is 0 Å². The van der Waals surface area contributed by atoms with Gasteiger partial charge in [-0.2, -0.15) is 0 Å². The van der Waals surface area contributed by atoms with Gasteiger partial charge in [0, 0.05) is 38.1 Å². The lowest BCUT2D eigenvalue weighted by atomic mass is 10.2. The number of halogens is 1. The van der Waals surface area contributed by atoms with Crippen LogP contribution >= 0.6 is 0 Å². The average Bonchev–Trinajstić information content (AvgIpc) is 2.87. The van der Waals surface area contributed by atoms with Crippen LogP contribution in [0.25, 0.3) is 0 Å². The summed E-state index contributed by atoms with van der Waals surface area (Å²) in [4.78, 5) is 49.8. The van der Waals surface area contributed by atoms with Crippen molar-refractivity contribution in [3.63, 3.8) is 0 Å². The lowest BCUT2D eigenvalue weighted by molar-refractivity contribution is -0.138.